The number of ether oxygens (including phenoxy) is 1. The van der Waals surface area contributed by atoms with Gasteiger partial charge in [-0.2, -0.15) is 0 Å². The van der Waals surface area contributed by atoms with Gasteiger partial charge in [-0.25, -0.2) is 4.98 Å². The minimum absolute atomic E-state index is 0.105. The van der Waals surface area contributed by atoms with Crippen molar-refractivity contribution in [3.05, 3.63) is 47.9 Å². The summed E-state index contributed by atoms with van der Waals surface area (Å²) in [5, 5.41) is 3.30. The normalized spacial score (nSPS) is 10.5. The van der Waals surface area contributed by atoms with Gasteiger partial charge in [0, 0.05) is 12.4 Å². The zero-order valence-corrected chi connectivity index (χ0v) is 11.6. The molecule has 4 nitrogen and oxygen atoms in total. The molecule has 2 rings (SSSR count). The second-order valence-corrected chi connectivity index (χ2v) is 4.70. The summed E-state index contributed by atoms with van der Waals surface area (Å²) < 4.78 is 5.66. The fraction of sp³-hybridized carbons (Fsp3) is 0.333. The van der Waals surface area contributed by atoms with E-state index in [1.807, 2.05) is 45.2 Å². The molecule has 0 unspecified atom stereocenters. The highest BCUT2D eigenvalue weighted by Gasteiger charge is 2.06. The van der Waals surface area contributed by atoms with E-state index in [2.05, 4.69) is 21.4 Å². The van der Waals surface area contributed by atoms with E-state index in [1.54, 1.807) is 6.20 Å². The molecule has 0 aliphatic rings. The molecule has 2 aromatic heterocycles. The molecule has 2 heterocycles. The molecular weight excluding hydrogens is 238 g/mol. The van der Waals surface area contributed by atoms with Gasteiger partial charge in [-0.1, -0.05) is 6.07 Å². The minimum Gasteiger partial charge on any atom is -0.473 e. The topological polar surface area (TPSA) is 47.0 Å². The Kier molecular flexibility index (Phi) is 4.34. The number of nitrogens with one attached hydrogen (secondary N) is 1. The van der Waals surface area contributed by atoms with E-state index in [4.69, 9.17) is 4.74 Å². The molecule has 0 amide bonds. The van der Waals surface area contributed by atoms with Gasteiger partial charge in [0.2, 0.25) is 5.88 Å². The average molecular weight is 257 g/mol. The van der Waals surface area contributed by atoms with Crippen molar-refractivity contribution < 1.29 is 4.74 Å². The van der Waals surface area contributed by atoms with Crippen LogP contribution in [0.1, 0.15) is 25.1 Å². The zero-order chi connectivity index (χ0) is 13.7. The summed E-state index contributed by atoms with van der Waals surface area (Å²) in [5.41, 5.74) is 3.04. The first-order valence-corrected chi connectivity index (χ1v) is 6.42. The van der Waals surface area contributed by atoms with Crippen LogP contribution in [0.3, 0.4) is 0 Å². The molecule has 4 heteroatoms. The van der Waals surface area contributed by atoms with Crippen LogP contribution in [0.4, 0.5) is 5.69 Å². The monoisotopic (exact) mass is 257 g/mol. The number of aryl methyl sites for hydroxylation is 1. The van der Waals surface area contributed by atoms with Crippen molar-refractivity contribution in [3.63, 3.8) is 0 Å². The van der Waals surface area contributed by atoms with Crippen LogP contribution in [0, 0.1) is 6.92 Å². The maximum Gasteiger partial charge on any atom is 0.237 e. The van der Waals surface area contributed by atoms with E-state index in [1.165, 1.54) is 0 Å². The van der Waals surface area contributed by atoms with Crippen LogP contribution in [0.2, 0.25) is 0 Å². The summed E-state index contributed by atoms with van der Waals surface area (Å²) in [6, 6.07) is 7.91. The lowest BCUT2D eigenvalue weighted by atomic mass is 10.2. The van der Waals surface area contributed by atoms with Gasteiger partial charge in [0.15, 0.2) is 0 Å². The quantitative estimate of drug-likeness (QED) is 0.893. The number of pyridine rings is 2. The first-order chi connectivity index (χ1) is 9.15. The standard InChI is InChI=1S/C15H19N3O/c1-11(2)19-15-14(5-4-8-16-15)18-10-13-7-6-12(3)9-17-13/h4-9,11,18H,10H2,1-3H3. The second-order valence-electron chi connectivity index (χ2n) is 4.70. The fourth-order valence-corrected chi connectivity index (χ4v) is 1.63. The summed E-state index contributed by atoms with van der Waals surface area (Å²) in [5.74, 6) is 0.629. The molecule has 100 valence electrons. The Bertz CT molecular complexity index is 523. The Morgan fingerprint density at radius 1 is 1.21 bits per heavy atom. The largest absolute Gasteiger partial charge is 0.473 e. The summed E-state index contributed by atoms with van der Waals surface area (Å²) >= 11 is 0. The average Bonchev–Trinajstić information content (AvgIpc) is 2.39. The van der Waals surface area contributed by atoms with Crippen LogP contribution in [-0.2, 0) is 6.54 Å². The minimum atomic E-state index is 0.105. The van der Waals surface area contributed by atoms with Gasteiger partial charge in [-0.05, 0) is 44.5 Å². The number of anilines is 1. The third kappa shape index (κ3) is 3.95. The number of hydrogen-bond acceptors (Lipinski definition) is 4. The number of rotatable bonds is 5. The van der Waals surface area contributed by atoms with Crippen molar-refractivity contribution in [1.82, 2.24) is 9.97 Å². The Hall–Kier alpha value is -2.10. The van der Waals surface area contributed by atoms with Crippen LogP contribution in [0.5, 0.6) is 5.88 Å². The maximum atomic E-state index is 5.66. The highest BCUT2D eigenvalue weighted by Crippen LogP contribution is 2.22. The second kappa shape index (κ2) is 6.18. The van der Waals surface area contributed by atoms with E-state index < -0.39 is 0 Å². The third-order valence-electron chi connectivity index (χ3n) is 2.55. The first-order valence-electron chi connectivity index (χ1n) is 6.42. The van der Waals surface area contributed by atoms with Crippen molar-refractivity contribution >= 4 is 5.69 Å². The highest BCUT2D eigenvalue weighted by atomic mass is 16.5. The highest BCUT2D eigenvalue weighted by molar-refractivity contribution is 5.52. The van der Waals surface area contributed by atoms with Crippen LogP contribution < -0.4 is 10.1 Å². The van der Waals surface area contributed by atoms with Crippen molar-refractivity contribution in [2.45, 2.75) is 33.4 Å². The first kappa shape index (κ1) is 13.3. The third-order valence-corrected chi connectivity index (χ3v) is 2.55. The van der Waals surface area contributed by atoms with Gasteiger partial charge in [-0.15, -0.1) is 0 Å². The SMILES string of the molecule is Cc1ccc(CNc2cccnc2OC(C)C)nc1. The fourth-order valence-electron chi connectivity index (χ4n) is 1.63. The Labute approximate surface area is 113 Å². The van der Waals surface area contributed by atoms with E-state index in [0.29, 0.717) is 12.4 Å². The zero-order valence-electron chi connectivity index (χ0n) is 11.6. The summed E-state index contributed by atoms with van der Waals surface area (Å²) in [7, 11) is 0. The molecule has 0 atom stereocenters. The van der Waals surface area contributed by atoms with Gasteiger partial charge in [0.1, 0.15) is 0 Å². The van der Waals surface area contributed by atoms with E-state index in [0.717, 1.165) is 16.9 Å². The predicted octanol–water partition coefficient (Wildman–Crippen LogP) is 3.18. The van der Waals surface area contributed by atoms with Gasteiger partial charge >= 0.3 is 0 Å². The molecule has 19 heavy (non-hydrogen) atoms. The molecule has 1 N–H and O–H groups in total. The van der Waals surface area contributed by atoms with Gasteiger partial charge in [0.25, 0.3) is 0 Å². The summed E-state index contributed by atoms with van der Waals surface area (Å²) in [6.45, 7) is 6.65. The molecule has 0 saturated carbocycles. The van der Waals surface area contributed by atoms with Crippen LogP contribution in [0.15, 0.2) is 36.7 Å². The van der Waals surface area contributed by atoms with Gasteiger partial charge in [-0.3, -0.25) is 4.98 Å². The van der Waals surface area contributed by atoms with Crippen LogP contribution in [0.25, 0.3) is 0 Å². The van der Waals surface area contributed by atoms with Crippen LogP contribution >= 0.6 is 0 Å². The predicted molar refractivity (Wildman–Crippen MR) is 76.3 cm³/mol. The number of nitrogens with zero attached hydrogens (tertiary/aromatic N) is 2. The maximum absolute atomic E-state index is 5.66. The van der Waals surface area contributed by atoms with Crippen molar-refractivity contribution in [3.8, 4) is 5.88 Å². The Balaban J connectivity index is 2.04. The molecule has 0 saturated heterocycles. The number of hydrogen-bond donors (Lipinski definition) is 1. The molecule has 0 bridgehead atoms. The number of aromatic nitrogens is 2. The van der Waals surface area contributed by atoms with Crippen molar-refractivity contribution in [1.29, 1.82) is 0 Å². The van der Waals surface area contributed by atoms with Crippen LogP contribution in [-0.4, -0.2) is 16.1 Å². The molecule has 0 spiro atoms. The molecule has 0 aromatic carbocycles. The Morgan fingerprint density at radius 2 is 2.05 bits per heavy atom. The summed E-state index contributed by atoms with van der Waals surface area (Å²) in [4.78, 5) is 8.60. The molecular formula is C15H19N3O. The molecule has 2 aromatic rings. The summed E-state index contributed by atoms with van der Waals surface area (Å²) in [6.07, 6.45) is 3.70. The van der Waals surface area contributed by atoms with E-state index >= 15 is 0 Å². The lowest BCUT2D eigenvalue weighted by Gasteiger charge is -2.13. The smallest absolute Gasteiger partial charge is 0.237 e. The van der Waals surface area contributed by atoms with E-state index in [9.17, 15) is 0 Å². The molecule has 0 aliphatic heterocycles. The lowest BCUT2D eigenvalue weighted by Crippen LogP contribution is -2.10. The molecule has 0 aliphatic carbocycles. The van der Waals surface area contributed by atoms with Crippen molar-refractivity contribution in [2.24, 2.45) is 0 Å². The van der Waals surface area contributed by atoms with Crippen molar-refractivity contribution in [2.75, 3.05) is 5.32 Å². The van der Waals surface area contributed by atoms with E-state index in [-0.39, 0.29) is 6.10 Å². The van der Waals surface area contributed by atoms with Gasteiger partial charge in [0.05, 0.1) is 24.0 Å². The molecule has 0 fully saturated rings. The lowest BCUT2D eigenvalue weighted by molar-refractivity contribution is 0.234. The van der Waals surface area contributed by atoms with Gasteiger partial charge < -0.3 is 10.1 Å². The Morgan fingerprint density at radius 3 is 2.74 bits per heavy atom. The molecule has 0 radical (unpaired) electrons.